The number of nitrogens with zero attached hydrogens (tertiary/aromatic N) is 3. The van der Waals surface area contributed by atoms with E-state index in [9.17, 15) is 4.79 Å². The number of rotatable bonds is 3. The first-order chi connectivity index (χ1) is 9.63. The quantitative estimate of drug-likeness (QED) is 0.902. The molecule has 1 aromatic heterocycles. The lowest BCUT2D eigenvalue weighted by atomic mass is 10.2. The molecule has 2 heterocycles. The molecule has 3 rings (SSSR count). The van der Waals surface area contributed by atoms with E-state index in [1.807, 2.05) is 19.1 Å². The maximum atomic E-state index is 12.1. The summed E-state index contributed by atoms with van der Waals surface area (Å²) in [5, 5.41) is 14.3. The number of halogens is 1. The second-order valence-electron chi connectivity index (χ2n) is 4.83. The van der Waals surface area contributed by atoms with Crippen LogP contribution in [0.2, 0.25) is 5.02 Å². The predicted molar refractivity (Wildman–Crippen MR) is 76.1 cm³/mol. The molecule has 1 aromatic carbocycles. The van der Waals surface area contributed by atoms with E-state index in [-0.39, 0.29) is 17.6 Å². The van der Waals surface area contributed by atoms with Gasteiger partial charge in [-0.1, -0.05) is 22.9 Å². The van der Waals surface area contributed by atoms with Gasteiger partial charge in [-0.05, 0) is 24.6 Å². The Morgan fingerprint density at radius 2 is 2.30 bits per heavy atom. The van der Waals surface area contributed by atoms with E-state index < -0.39 is 0 Å². The van der Waals surface area contributed by atoms with Crippen molar-refractivity contribution in [3.63, 3.8) is 0 Å². The minimum Gasteiger partial charge on any atom is -0.319 e. The van der Waals surface area contributed by atoms with E-state index in [2.05, 4.69) is 20.9 Å². The summed E-state index contributed by atoms with van der Waals surface area (Å²) in [6.45, 7) is 3.65. The molecule has 0 bridgehead atoms. The van der Waals surface area contributed by atoms with Crippen molar-refractivity contribution < 1.29 is 4.79 Å². The summed E-state index contributed by atoms with van der Waals surface area (Å²) in [6, 6.07) is 5.74. The molecule has 1 saturated heterocycles. The minimum atomic E-state index is -0.309. The fourth-order valence-electron chi connectivity index (χ4n) is 1.94. The predicted octanol–water partition coefficient (Wildman–Crippen LogP) is 1.64. The molecule has 20 heavy (non-hydrogen) atoms. The summed E-state index contributed by atoms with van der Waals surface area (Å²) in [7, 11) is 0. The van der Waals surface area contributed by atoms with Gasteiger partial charge < -0.3 is 10.6 Å². The highest BCUT2D eigenvalue weighted by Crippen LogP contribution is 2.23. The van der Waals surface area contributed by atoms with Gasteiger partial charge >= 0.3 is 0 Å². The van der Waals surface area contributed by atoms with E-state index >= 15 is 0 Å². The zero-order chi connectivity index (χ0) is 14.1. The molecule has 2 N–H and O–H groups in total. The molecule has 0 atom stereocenters. The molecule has 2 aromatic rings. The van der Waals surface area contributed by atoms with Gasteiger partial charge in [0.1, 0.15) is 0 Å². The summed E-state index contributed by atoms with van der Waals surface area (Å²) >= 11 is 6.05. The van der Waals surface area contributed by atoms with Crippen LogP contribution in [0.3, 0.4) is 0 Å². The Morgan fingerprint density at radius 1 is 1.50 bits per heavy atom. The Bertz CT molecular complexity index is 650. The lowest BCUT2D eigenvalue weighted by Gasteiger charge is -2.26. The Morgan fingerprint density at radius 3 is 3.00 bits per heavy atom. The average molecular weight is 292 g/mol. The number of hydrogen-bond donors (Lipinski definition) is 2. The Labute approximate surface area is 121 Å². The van der Waals surface area contributed by atoms with Crippen LogP contribution in [0.5, 0.6) is 0 Å². The lowest BCUT2D eigenvalue weighted by molar-refractivity contribution is 0.102. The molecule has 6 nitrogen and oxygen atoms in total. The summed E-state index contributed by atoms with van der Waals surface area (Å²) in [5.41, 5.74) is 1.89. The van der Waals surface area contributed by atoms with Crippen LogP contribution >= 0.6 is 11.6 Å². The van der Waals surface area contributed by atoms with Crippen LogP contribution in [0.4, 0.5) is 5.69 Å². The van der Waals surface area contributed by atoms with Gasteiger partial charge in [0, 0.05) is 13.1 Å². The number of anilines is 1. The van der Waals surface area contributed by atoms with Crippen LogP contribution in [-0.2, 0) is 0 Å². The molecule has 0 radical (unpaired) electrons. The molecule has 0 saturated carbocycles. The van der Waals surface area contributed by atoms with Gasteiger partial charge in [-0.2, -0.15) is 0 Å². The number of aryl methyl sites for hydroxylation is 1. The second-order valence-corrected chi connectivity index (χ2v) is 5.24. The van der Waals surface area contributed by atoms with E-state index in [4.69, 9.17) is 11.6 Å². The Kier molecular flexibility index (Phi) is 3.42. The molecule has 1 aliphatic heterocycles. The molecule has 1 fully saturated rings. The van der Waals surface area contributed by atoms with Gasteiger partial charge in [0.15, 0.2) is 5.69 Å². The smallest absolute Gasteiger partial charge is 0.277 e. The van der Waals surface area contributed by atoms with Crippen LogP contribution in [0.25, 0.3) is 0 Å². The first-order valence-electron chi connectivity index (χ1n) is 6.33. The largest absolute Gasteiger partial charge is 0.319 e. The molecular weight excluding hydrogens is 278 g/mol. The van der Waals surface area contributed by atoms with E-state index in [0.717, 1.165) is 18.7 Å². The average Bonchev–Trinajstić information content (AvgIpc) is 2.81. The van der Waals surface area contributed by atoms with Gasteiger partial charge in [0.25, 0.3) is 5.91 Å². The molecular formula is C13H14ClN5O. The fourth-order valence-corrected chi connectivity index (χ4v) is 2.11. The van der Waals surface area contributed by atoms with Crippen molar-refractivity contribution in [3.8, 4) is 0 Å². The SMILES string of the molecule is Cc1ccc(Cl)c(NC(=O)c2cn(C3CNC3)nn2)c1. The highest BCUT2D eigenvalue weighted by atomic mass is 35.5. The van der Waals surface area contributed by atoms with E-state index in [1.54, 1.807) is 16.9 Å². The molecule has 0 unspecified atom stereocenters. The molecule has 0 spiro atoms. The van der Waals surface area contributed by atoms with Crippen molar-refractivity contribution in [2.75, 3.05) is 18.4 Å². The first kappa shape index (κ1) is 13.1. The van der Waals surface area contributed by atoms with Crippen molar-refractivity contribution >= 4 is 23.2 Å². The molecule has 1 aliphatic rings. The zero-order valence-corrected chi connectivity index (χ0v) is 11.7. The van der Waals surface area contributed by atoms with Crippen molar-refractivity contribution in [2.24, 2.45) is 0 Å². The third-order valence-corrected chi connectivity index (χ3v) is 3.58. The molecule has 104 valence electrons. The van der Waals surface area contributed by atoms with Crippen LogP contribution in [0, 0.1) is 6.92 Å². The van der Waals surface area contributed by atoms with Crippen LogP contribution < -0.4 is 10.6 Å². The third-order valence-electron chi connectivity index (χ3n) is 3.25. The number of amides is 1. The highest BCUT2D eigenvalue weighted by Gasteiger charge is 2.21. The highest BCUT2D eigenvalue weighted by molar-refractivity contribution is 6.33. The standard InChI is InChI=1S/C13H14ClN5O/c1-8-2-3-10(14)11(4-8)16-13(20)12-7-19(18-17-12)9-5-15-6-9/h2-4,7,9,15H,5-6H2,1H3,(H,16,20). The monoisotopic (exact) mass is 291 g/mol. The van der Waals surface area contributed by atoms with Gasteiger partial charge in [0.05, 0.1) is 22.9 Å². The van der Waals surface area contributed by atoms with Crippen molar-refractivity contribution in [1.82, 2.24) is 20.3 Å². The normalized spacial score (nSPS) is 14.9. The van der Waals surface area contributed by atoms with Crippen LogP contribution in [-0.4, -0.2) is 34.0 Å². The van der Waals surface area contributed by atoms with Crippen LogP contribution in [0.1, 0.15) is 22.1 Å². The van der Waals surface area contributed by atoms with Gasteiger partial charge in [-0.25, -0.2) is 4.68 Å². The molecule has 1 amide bonds. The number of hydrogen-bond acceptors (Lipinski definition) is 4. The first-order valence-corrected chi connectivity index (χ1v) is 6.71. The number of carbonyl (C=O) groups is 1. The molecule has 7 heteroatoms. The number of nitrogens with one attached hydrogen (secondary N) is 2. The van der Waals surface area contributed by atoms with Crippen molar-refractivity contribution in [3.05, 3.63) is 40.7 Å². The lowest BCUT2D eigenvalue weighted by Crippen LogP contribution is -2.43. The third kappa shape index (κ3) is 2.52. The fraction of sp³-hybridized carbons (Fsp3) is 0.308. The Hall–Kier alpha value is -1.92. The minimum absolute atomic E-state index is 0.284. The van der Waals surface area contributed by atoms with E-state index in [0.29, 0.717) is 10.7 Å². The maximum absolute atomic E-state index is 12.1. The molecule has 0 aliphatic carbocycles. The summed E-state index contributed by atoms with van der Waals surface area (Å²) < 4.78 is 1.71. The zero-order valence-electron chi connectivity index (χ0n) is 10.9. The van der Waals surface area contributed by atoms with Gasteiger partial charge in [0.2, 0.25) is 0 Å². The summed E-state index contributed by atoms with van der Waals surface area (Å²) in [5.74, 6) is -0.309. The topological polar surface area (TPSA) is 71.8 Å². The second kappa shape index (κ2) is 5.22. The maximum Gasteiger partial charge on any atom is 0.277 e. The number of benzene rings is 1. The van der Waals surface area contributed by atoms with Crippen LogP contribution in [0.15, 0.2) is 24.4 Å². The van der Waals surface area contributed by atoms with E-state index in [1.165, 1.54) is 0 Å². The summed E-state index contributed by atoms with van der Waals surface area (Å²) in [6.07, 6.45) is 1.66. The Balaban J connectivity index is 1.75. The number of carbonyl (C=O) groups excluding carboxylic acids is 1. The van der Waals surface area contributed by atoms with Crippen molar-refractivity contribution in [1.29, 1.82) is 0 Å². The summed E-state index contributed by atoms with van der Waals surface area (Å²) in [4.78, 5) is 12.1. The number of aromatic nitrogens is 3. The van der Waals surface area contributed by atoms with Gasteiger partial charge in [-0.3, -0.25) is 4.79 Å². The van der Waals surface area contributed by atoms with Crippen molar-refractivity contribution in [2.45, 2.75) is 13.0 Å². The van der Waals surface area contributed by atoms with Gasteiger partial charge in [-0.15, -0.1) is 5.10 Å².